The minimum absolute atomic E-state index is 0.150. The lowest BCUT2D eigenvalue weighted by atomic mass is 10.1. The summed E-state index contributed by atoms with van der Waals surface area (Å²) in [6, 6.07) is 11.8. The van der Waals surface area contributed by atoms with Crippen LogP contribution >= 0.6 is 0 Å². The number of hydrogen-bond donors (Lipinski definition) is 1. The molecule has 0 atom stereocenters. The van der Waals surface area contributed by atoms with E-state index in [1.807, 2.05) is 32.0 Å². The average Bonchev–Trinajstić information content (AvgIpc) is 2.61. The van der Waals surface area contributed by atoms with Gasteiger partial charge in [-0.1, -0.05) is 12.1 Å². The molecular weight excluding hydrogens is 352 g/mol. The third-order valence-corrected chi connectivity index (χ3v) is 5.71. The van der Waals surface area contributed by atoms with Gasteiger partial charge in [0.15, 0.2) is 0 Å². The van der Waals surface area contributed by atoms with E-state index in [0.29, 0.717) is 18.7 Å². The first-order chi connectivity index (χ1) is 12.2. The van der Waals surface area contributed by atoms with Gasteiger partial charge in [-0.25, -0.2) is 12.7 Å². The van der Waals surface area contributed by atoms with Crippen molar-refractivity contribution in [3.8, 4) is 5.75 Å². The van der Waals surface area contributed by atoms with E-state index in [9.17, 15) is 13.2 Å². The molecule has 2 rings (SSSR count). The molecule has 7 heteroatoms. The van der Waals surface area contributed by atoms with Crippen LogP contribution in [-0.2, 0) is 10.0 Å². The van der Waals surface area contributed by atoms with Gasteiger partial charge < -0.3 is 10.1 Å². The van der Waals surface area contributed by atoms with Crippen molar-refractivity contribution in [1.82, 2.24) is 9.62 Å². The van der Waals surface area contributed by atoms with Crippen LogP contribution in [0.1, 0.15) is 21.5 Å². The Balaban J connectivity index is 1.89. The van der Waals surface area contributed by atoms with Crippen LogP contribution in [0, 0.1) is 13.8 Å². The van der Waals surface area contributed by atoms with Crippen LogP contribution in [0.25, 0.3) is 0 Å². The first kappa shape index (κ1) is 19.9. The summed E-state index contributed by atoms with van der Waals surface area (Å²) in [6.07, 6.45) is 0. The number of nitrogens with one attached hydrogen (secondary N) is 1. The monoisotopic (exact) mass is 376 g/mol. The molecule has 0 spiro atoms. The lowest BCUT2D eigenvalue weighted by Crippen LogP contribution is -2.28. The molecule has 0 unspecified atom stereocenters. The molecule has 0 radical (unpaired) electrons. The lowest BCUT2D eigenvalue weighted by Gasteiger charge is -2.12. The molecule has 26 heavy (non-hydrogen) atoms. The highest BCUT2D eigenvalue weighted by atomic mass is 32.2. The number of amides is 1. The number of carbonyl (C=O) groups is 1. The van der Waals surface area contributed by atoms with Crippen molar-refractivity contribution >= 4 is 15.9 Å². The maximum absolute atomic E-state index is 12.1. The zero-order valence-electron chi connectivity index (χ0n) is 15.4. The number of carbonyl (C=O) groups excluding carboxylic acids is 1. The summed E-state index contributed by atoms with van der Waals surface area (Å²) in [7, 11) is -0.569. The van der Waals surface area contributed by atoms with Crippen molar-refractivity contribution in [3.05, 3.63) is 59.2 Å². The van der Waals surface area contributed by atoms with Crippen molar-refractivity contribution in [1.29, 1.82) is 0 Å². The second-order valence-corrected chi connectivity index (χ2v) is 8.34. The van der Waals surface area contributed by atoms with Gasteiger partial charge >= 0.3 is 0 Å². The fraction of sp³-hybridized carbons (Fsp3) is 0.316. The maximum atomic E-state index is 12.1. The highest BCUT2D eigenvalue weighted by Gasteiger charge is 2.17. The highest BCUT2D eigenvalue weighted by Crippen LogP contribution is 2.18. The fourth-order valence-electron chi connectivity index (χ4n) is 2.28. The van der Waals surface area contributed by atoms with Crippen LogP contribution in [0.2, 0.25) is 0 Å². The minimum Gasteiger partial charge on any atom is -0.491 e. The topological polar surface area (TPSA) is 75.7 Å². The van der Waals surface area contributed by atoms with E-state index in [2.05, 4.69) is 5.32 Å². The minimum atomic E-state index is -3.50. The highest BCUT2D eigenvalue weighted by molar-refractivity contribution is 7.89. The summed E-state index contributed by atoms with van der Waals surface area (Å²) in [5, 5.41) is 2.76. The number of hydrogen-bond acceptors (Lipinski definition) is 4. The molecular formula is C19H24N2O4S. The zero-order chi connectivity index (χ0) is 19.3. The summed E-state index contributed by atoms with van der Waals surface area (Å²) in [5.41, 5.74) is 2.55. The zero-order valence-corrected chi connectivity index (χ0v) is 16.3. The van der Waals surface area contributed by atoms with E-state index in [-0.39, 0.29) is 10.8 Å². The van der Waals surface area contributed by atoms with Crippen LogP contribution < -0.4 is 10.1 Å². The second kappa shape index (κ2) is 8.33. The van der Waals surface area contributed by atoms with Crippen LogP contribution in [0.4, 0.5) is 0 Å². The summed E-state index contributed by atoms with van der Waals surface area (Å²) in [4.78, 5) is 12.3. The molecule has 140 valence electrons. The summed E-state index contributed by atoms with van der Waals surface area (Å²) >= 11 is 0. The van der Waals surface area contributed by atoms with Crippen molar-refractivity contribution in [3.63, 3.8) is 0 Å². The third-order valence-electron chi connectivity index (χ3n) is 3.88. The molecule has 6 nitrogen and oxygen atoms in total. The number of rotatable bonds is 7. The Kier molecular flexibility index (Phi) is 6.39. The van der Waals surface area contributed by atoms with E-state index < -0.39 is 10.0 Å². The van der Waals surface area contributed by atoms with Gasteiger partial charge in [-0.05, 0) is 55.3 Å². The Hall–Kier alpha value is -2.38. The van der Waals surface area contributed by atoms with Crippen molar-refractivity contribution in [2.75, 3.05) is 27.2 Å². The van der Waals surface area contributed by atoms with Gasteiger partial charge in [-0.3, -0.25) is 4.79 Å². The van der Waals surface area contributed by atoms with Gasteiger partial charge in [-0.2, -0.15) is 0 Å². The van der Waals surface area contributed by atoms with Crippen molar-refractivity contribution in [2.24, 2.45) is 0 Å². The summed E-state index contributed by atoms with van der Waals surface area (Å²) < 4.78 is 30.9. The summed E-state index contributed by atoms with van der Waals surface area (Å²) in [6.45, 7) is 4.66. The molecule has 0 aliphatic heterocycles. The first-order valence-corrected chi connectivity index (χ1v) is 9.66. The molecule has 0 saturated heterocycles. The molecule has 0 aliphatic carbocycles. The molecule has 1 N–H and O–H groups in total. The predicted molar refractivity (Wildman–Crippen MR) is 101 cm³/mol. The van der Waals surface area contributed by atoms with Gasteiger partial charge in [-0.15, -0.1) is 0 Å². The van der Waals surface area contributed by atoms with Gasteiger partial charge in [0, 0.05) is 19.7 Å². The van der Waals surface area contributed by atoms with Gasteiger partial charge in [0.2, 0.25) is 10.0 Å². The quantitative estimate of drug-likeness (QED) is 0.753. The van der Waals surface area contributed by atoms with E-state index >= 15 is 0 Å². The fourth-order valence-corrected chi connectivity index (χ4v) is 3.18. The molecule has 2 aromatic carbocycles. The van der Waals surface area contributed by atoms with E-state index in [4.69, 9.17) is 4.74 Å². The van der Waals surface area contributed by atoms with Gasteiger partial charge in [0.25, 0.3) is 5.91 Å². The number of aryl methyl sites for hydroxylation is 2. The van der Waals surface area contributed by atoms with Crippen molar-refractivity contribution < 1.29 is 17.9 Å². The largest absolute Gasteiger partial charge is 0.491 e. The molecule has 1 amide bonds. The van der Waals surface area contributed by atoms with Crippen LogP contribution in [0.15, 0.2) is 47.4 Å². The second-order valence-electron chi connectivity index (χ2n) is 6.19. The van der Waals surface area contributed by atoms with E-state index in [0.717, 1.165) is 21.2 Å². The lowest BCUT2D eigenvalue weighted by molar-refractivity contribution is 0.0947. The molecule has 2 aromatic rings. The Labute approximate surface area is 154 Å². The van der Waals surface area contributed by atoms with E-state index in [1.54, 1.807) is 0 Å². The number of benzene rings is 2. The normalized spacial score (nSPS) is 11.4. The predicted octanol–water partition coefficient (Wildman–Crippen LogP) is 2.36. The van der Waals surface area contributed by atoms with Crippen LogP contribution in [-0.4, -0.2) is 45.9 Å². The molecule has 0 fully saturated rings. The number of ether oxygens (including phenoxy) is 1. The van der Waals surface area contributed by atoms with Gasteiger partial charge in [0.05, 0.1) is 11.4 Å². The Morgan fingerprint density at radius 1 is 1.08 bits per heavy atom. The van der Waals surface area contributed by atoms with Crippen LogP contribution in [0.3, 0.4) is 0 Å². The Bertz CT molecular complexity index is 875. The van der Waals surface area contributed by atoms with Gasteiger partial charge in [0.1, 0.15) is 12.4 Å². The number of sulfonamides is 1. The molecule has 0 heterocycles. The van der Waals surface area contributed by atoms with Crippen molar-refractivity contribution in [2.45, 2.75) is 18.7 Å². The molecule has 0 aromatic heterocycles. The van der Waals surface area contributed by atoms with E-state index in [1.165, 1.54) is 38.4 Å². The molecule has 0 saturated carbocycles. The SMILES string of the molecule is Cc1ccc(C)c(OCCNC(=O)c2ccc(S(=O)(=O)N(C)C)cc2)c1. The standard InChI is InChI=1S/C19H24N2O4S/c1-14-5-6-15(2)18(13-14)25-12-11-20-19(22)16-7-9-17(10-8-16)26(23,24)21(3)4/h5-10,13H,11-12H2,1-4H3,(H,20,22). The average molecular weight is 376 g/mol. The Morgan fingerprint density at radius 2 is 1.73 bits per heavy atom. The first-order valence-electron chi connectivity index (χ1n) is 8.22. The summed E-state index contributed by atoms with van der Waals surface area (Å²) in [5.74, 6) is 0.529. The smallest absolute Gasteiger partial charge is 0.251 e. The molecule has 0 aliphatic rings. The number of nitrogens with zero attached hydrogens (tertiary/aromatic N) is 1. The van der Waals surface area contributed by atoms with Crippen LogP contribution in [0.5, 0.6) is 5.75 Å². The Morgan fingerprint density at radius 3 is 2.35 bits per heavy atom. The third kappa shape index (κ3) is 4.83. The maximum Gasteiger partial charge on any atom is 0.251 e. The molecule has 0 bridgehead atoms.